The predicted octanol–water partition coefficient (Wildman–Crippen LogP) is 8.95. The van der Waals surface area contributed by atoms with Gasteiger partial charge in [0.2, 0.25) is 17.8 Å². The molecule has 1 atom stereocenters. The van der Waals surface area contributed by atoms with Crippen LogP contribution in [0, 0.1) is 13.8 Å². The molecular formula is C57H78N6O12S. The molecule has 0 N–H and O–H groups in total. The molecule has 1 unspecified atom stereocenters. The fourth-order valence-electron chi connectivity index (χ4n) is 7.87. The summed E-state index contributed by atoms with van der Waals surface area (Å²) in [5.41, 5.74) is 8.16. The molecular weight excluding hydrogens is 993 g/mol. The van der Waals surface area contributed by atoms with E-state index >= 15 is 0 Å². The lowest BCUT2D eigenvalue weighted by atomic mass is 9.70. The number of anilines is 3. The van der Waals surface area contributed by atoms with E-state index in [1.807, 2.05) is 31.2 Å². The minimum absolute atomic E-state index is 0.0344. The average Bonchev–Trinajstić information content (AvgIpc) is 3.43. The maximum atomic E-state index is 11.5. The molecule has 6 rings (SSSR count). The van der Waals surface area contributed by atoms with Crippen LogP contribution >= 0.6 is 0 Å². The van der Waals surface area contributed by atoms with Crippen LogP contribution in [0.1, 0.15) is 59.7 Å². The van der Waals surface area contributed by atoms with Crippen molar-refractivity contribution in [2.75, 3.05) is 132 Å². The third-order valence-corrected chi connectivity index (χ3v) is 13.6. The zero-order valence-corrected chi connectivity index (χ0v) is 47.5. The highest BCUT2D eigenvalue weighted by atomic mass is 32.2. The van der Waals surface area contributed by atoms with E-state index in [0.29, 0.717) is 17.8 Å². The van der Waals surface area contributed by atoms with E-state index in [4.69, 9.17) is 46.8 Å². The molecule has 0 saturated heterocycles. The smallest absolute Gasteiger partial charge is 0.297 e. The van der Waals surface area contributed by atoms with Gasteiger partial charge in [-0.05, 0) is 85.0 Å². The number of ether oxygens (including phenoxy) is 9. The number of hydrogen-bond acceptors (Lipinski definition) is 18. The van der Waals surface area contributed by atoms with Gasteiger partial charge in [0.05, 0.1) is 32.3 Å². The average molecular weight is 1070 g/mol. The summed E-state index contributed by atoms with van der Waals surface area (Å²) in [6, 6.07) is 41.3. The quantitative estimate of drug-likeness (QED) is 0.0207. The third kappa shape index (κ3) is 17.4. The van der Waals surface area contributed by atoms with Crippen LogP contribution < -0.4 is 24.2 Å². The monoisotopic (exact) mass is 1070 g/mol. The van der Waals surface area contributed by atoms with E-state index in [2.05, 4.69) is 115 Å². The van der Waals surface area contributed by atoms with Crippen molar-refractivity contribution < 1.29 is 55.2 Å². The first-order valence-corrected chi connectivity index (χ1v) is 25.8. The Hall–Kier alpha value is -6.26. The molecule has 19 heteroatoms. The van der Waals surface area contributed by atoms with Crippen LogP contribution in [-0.2, 0) is 58.3 Å². The lowest BCUT2D eigenvalue weighted by Gasteiger charge is -2.33. The molecule has 1 aromatic heterocycles. The van der Waals surface area contributed by atoms with E-state index in [1.165, 1.54) is 52.6 Å². The van der Waals surface area contributed by atoms with Crippen LogP contribution in [0.2, 0.25) is 0 Å². The van der Waals surface area contributed by atoms with Crippen LogP contribution in [0.5, 0.6) is 11.5 Å². The molecule has 5 aromatic carbocycles. The molecule has 0 fully saturated rings. The van der Waals surface area contributed by atoms with Crippen molar-refractivity contribution in [1.29, 1.82) is 0 Å². The Kier molecular flexibility index (Phi) is 25.5. The first kappa shape index (κ1) is 62.3. The number of aryl methyl sites for hydroxylation is 2. The van der Waals surface area contributed by atoms with Gasteiger partial charge in [-0.2, -0.15) is 23.4 Å². The second-order valence-electron chi connectivity index (χ2n) is 18.1. The van der Waals surface area contributed by atoms with Gasteiger partial charge in [-0.1, -0.05) is 110 Å². The molecule has 1 heterocycles. The highest BCUT2D eigenvalue weighted by molar-refractivity contribution is 7.86. The van der Waals surface area contributed by atoms with E-state index in [1.54, 1.807) is 83.7 Å². The Labute approximate surface area is 450 Å². The highest BCUT2D eigenvalue weighted by Crippen LogP contribution is 2.41. The largest absolute Gasteiger partial charge is 0.497 e. The van der Waals surface area contributed by atoms with Crippen LogP contribution in [0.25, 0.3) is 0 Å². The summed E-state index contributed by atoms with van der Waals surface area (Å²) in [7, 11) is 10.7. The Bertz CT molecular complexity index is 2600. The molecule has 0 radical (unpaired) electrons. The number of hydrogen-bond donors (Lipinski definition) is 0. The molecule has 76 heavy (non-hydrogen) atoms. The third-order valence-electron chi connectivity index (χ3n) is 12.3. The number of rotatable bonds is 27. The number of aromatic nitrogens is 3. The van der Waals surface area contributed by atoms with Gasteiger partial charge >= 0.3 is 0 Å². The van der Waals surface area contributed by atoms with E-state index < -0.39 is 10.1 Å². The van der Waals surface area contributed by atoms with Gasteiger partial charge in [0.15, 0.2) is 0 Å². The number of nitrogens with zero attached hydrogens (tertiary/aromatic N) is 6. The van der Waals surface area contributed by atoms with Gasteiger partial charge in [-0.15, -0.1) is 0 Å². The molecule has 18 nitrogen and oxygen atoms in total. The summed E-state index contributed by atoms with van der Waals surface area (Å²) >= 11 is 0. The van der Waals surface area contributed by atoms with Crippen LogP contribution in [-0.4, -0.2) is 141 Å². The zero-order chi connectivity index (χ0) is 55.7. The lowest BCUT2D eigenvalue weighted by molar-refractivity contribution is 0.134. The first-order chi connectivity index (χ1) is 36.5. The Balaban J connectivity index is 0.000000265. The normalized spacial score (nSPS) is 12.1. The minimum Gasteiger partial charge on any atom is -0.497 e. The van der Waals surface area contributed by atoms with Gasteiger partial charge in [0.1, 0.15) is 51.9 Å². The summed E-state index contributed by atoms with van der Waals surface area (Å²) in [5.74, 6) is 2.85. The molecule has 6 aromatic rings. The summed E-state index contributed by atoms with van der Waals surface area (Å²) in [5, 5.41) is 0. The van der Waals surface area contributed by atoms with Crippen molar-refractivity contribution in [2.24, 2.45) is 0 Å². The van der Waals surface area contributed by atoms with Crippen molar-refractivity contribution in [3.05, 3.63) is 160 Å². The van der Waals surface area contributed by atoms with Gasteiger partial charge < -0.3 is 42.6 Å². The standard InChI is InChI=1S/C32H34O2.C15H30N6O6.C10H14O4S/c1-23-7-9-26(10-8-23)32(4,28-17-21-30(34-6)22-18-28)27-13-11-24(12-14-27)31(2,3)25-15-19-29(33-5)20-16-25;1-22-7-19(8-23-2)13-16-14(20(9-24-3)10-25-4)18-15(17-13)21(11-26-5)12-27-6;1-9-3-5-10(6-4-9)15(11,12)14-8-7-13-2/h7-22H,1-6H3;7-12H2,1-6H3;3-6H,7-8H2,1-2H3. The van der Waals surface area contributed by atoms with Gasteiger partial charge in [0.25, 0.3) is 10.1 Å². The molecule has 0 aliphatic rings. The second-order valence-corrected chi connectivity index (χ2v) is 19.7. The maximum Gasteiger partial charge on any atom is 0.297 e. The van der Waals surface area contributed by atoms with Crippen molar-refractivity contribution >= 4 is 28.0 Å². The van der Waals surface area contributed by atoms with Gasteiger partial charge in [0, 0.05) is 60.6 Å². The number of methoxy groups -OCH3 is 9. The van der Waals surface area contributed by atoms with Crippen molar-refractivity contribution in [3.8, 4) is 11.5 Å². The summed E-state index contributed by atoms with van der Waals surface area (Å²) in [6.45, 7) is 12.6. The zero-order valence-electron chi connectivity index (χ0n) is 46.7. The summed E-state index contributed by atoms with van der Waals surface area (Å²) in [4.78, 5) is 18.8. The fraction of sp³-hybridized carbons (Fsp3) is 0.421. The Morgan fingerprint density at radius 3 is 1.00 bits per heavy atom. The van der Waals surface area contributed by atoms with Crippen molar-refractivity contribution in [2.45, 2.75) is 50.3 Å². The van der Waals surface area contributed by atoms with E-state index in [9.17, 15) is 8.42 Å². The first-order valence-electron chi connectivity index (χ1n) is 24.4. The van der Waals surface area contributed by atoms with E-state index in [0.717, 1.165) is 17.1 Å². The molecule has 0 aliphatic heterocycles. The molecule has 0 bridgehead atoms. The highest BCUT2D eigenvalue weighted by Gasteiger charge is 2.32. The summed E-state index contributed by atoms with van der Waals surface area (Å²) < 4.78 is 74.6. The van der Waals surface area contributed by atoms with Crippen molar-refractivity contribution in [3.63, 3.8) is 0 Å². The molecule has 0 amide bonds. The molecule has 0 aliphatic carbocycles. The predicted molar refractivity (Wildman–Crippen MR) is 296 cm³/mol. The maximum absolute atomic E-state index is 11.5. The second kappa shape index (κ2) is 31.1. The van der Waals surface area contributed by atoms with Crippen LogP contribution in [0.15, 0.2) is 126 Å². The molecule has 0 saturated carbocycles. The Morgan fingerprint density at radius 2 is 0.684 bits per heavy atom. The minimum atomic E-state index is -3.63. The molecule has 414 valence electrons. The van der Waals surface area contributed by atoms with E-state index in [-0.39, 0.29) is 69.3 Å². The number of benzene rings is 5. The van der Waals surface area contributed by atoms with Crippen LogP contribution in [0.4, 0.5) is 17.8 Å². The van der Waals surface area contributed by atoms with Gasteiger partial charge in [-0.25, -0.2) is 0 Å². The van der Waals surface area contributed by atoms with Crippen LogP contribution in [0.3, 0.4) is 0 Å². The summed E-state index contributed by atoms with van der Waals surface area (Å²) in [6.07, 6.45) is 0. The SMILES string of the molecule is COCCOS(=O)(=O)c1ccc(C)cc1.COCN(COC)c1nc(N(COC)COC)nc(N(COC)COC)n1.COc1ccc(C(C)(C)c2ccc(C(C)(c3ccc(C)cc3)c3ccc(OC)cc3)cc2)cc1. The van der Waals surface area contributed by atoms with Crippen molar-refractivity contribution in [1.82, 2.24) is 15.0 Å². The fourth-order valence-corrected chi connectivity index (χ4v) is 8.76. The topological polar surface area (TPSA) is 175 Å². The molecule has 0 spiro atoms. The van der Waals surface area contributed by atoms with Gasteiger partial charge in [-0.3, -0.25) is 18.9 Å². The lowest BCUT2D eigenvalue weighted by Crippen LogP contribution is -2.36. The Morgan fingerprint density at radius 1 is 0.395 bits per heavy atom.